The summed E-state index contributed by atoms with van der Waals surface area (Å²) in [5.41, 5.74) is 0.832. The standard InChI is InChI=1S/C16H22N2O5/c1-3-7-13(14(19)17-11(2)15(20)21)18-16(22)23-10-12-8-5-4-6-9-12/h4-6,8-9,11,13H,3,7,10H2,1-2H3,(H,17,19)(H,18,22)(H,20,21)/t11-,13-/m1/s1. The Morgan fingerprint density at radius 1 is 1.17 bits per heavy atom. The molecule has 2 amide bonds. The molecule has 0 heterocycles. The molecule has 23 heavy (non-hydrogen) atoms. The first kappa shape index (κ1) is 18.5. The van der Waals surface area contributed by atoms with Gasteiger partial charge in [-0.05, 0) is 18.9 Å². The monoisotopic (exact) mass is 322 g/mol. The van der Waals surface area contributed by atoms with E-state index in [1.807, 2.05) is 37.3 Å². The number of alkyl carbamates (subject to hydrolysis) is 1. The first-order valence-electron chi connectivity index (χ1n) is 7.44. The molecule has 0 spiro atoms. The molecule has 2 atom stereocenters. The van der Waals surface area contributed by atoms with Crippen LogP contribution in [-0.2, 0) is 20.9 Å². The molecule has 0 aliphatic heterocycles. The number of rotatable bonds is 8. The van der Waals surface area contributed by atoms with Crippen molar-refractivity contribution in [1.29, 1.82) is 0 Å². The Kier molecular flexibility index (Phi) is 7.59. The molecule has 0 unspecified atom stereocenters. The highest BCUT2D eigenvalue weighted by atomic mass is 16.5. The fourth-order valence-corrected chi connectivity index (χ4v) is 1.84. The van der Waals surface area contributed by atoms with Crippen LogP contribution in [0.5, 0.6) is 0 Å². The Morgan fingerprint density at radius 3 is 2.39 bits per heavy atom. The second-order valence-electron chi connectivity index (χ2n) is 5.12. The van der Waals surface area contributed by atoms with Gasteiger partial charge in [0.05, 0.1) is 0 Å². The molecule has 7 nitrogen and oxygen atoms in total. The van der Waals surface area contributed by atoms with Gasteiger partial charge in [-0.3, -0.25) is 9.59 Å². The normalized spacial score (nSPS) is 12.8. The maximum atomic E-state index is 12.0. The smallest absolute Gasteiger partial charge is 0.408 e. The van der Waals surface area contributed by atoms with Crippen LogP contribution in [0.1, 0.15) is 32.3 Å². The van der Waals surface area contributed by atoms with Gasteiger partial charge in [0.1, 0.15) is 18.7 Å². The largest absolute Gasteiger partial charge is 0.480 e. The number of amides is 2. The Hall–Kier alpha value is -2.57. The van der Waals surface area contributed by atoms with E-state index >= 15 is 0 Å². The van der Waals surface area contributed by atoms with Crippen molar-refractivity contribution in [2.24, 2.45) is 0 Å². The van der Waals surface area contributed by atoms with E-state index in [2.05, 4.69) is 10.6 Å². The van der Waals surface area contributed by atoms with Gasteiger partial charge < -0.3 is 20.5 Å². The van der Waals surface area contributed by atoms with Crippen molar-refractivity contribution in [2.75, 3.05) is 0 Å². The lowest BCUT2D eigenvalue weighted by Gasteiger charge is -2.19. The van der Waals surface area contributed by atoms with Gasteiger partial charge in [-0.1, -0.05) is 43.7 Å². The summed E-state index contributed by atoms with van der Waals surface area (Å²) in [4.78, 5) is 34.6. The summed E-state index contributed by atoms with van der Waals surface area (Å²) in [5.74, 6) is -1.68. The number of benzene rings is 1. The zero-order valence-corrected chi connectivity index (χ0v) is 13.2. The SMILES string of the molecule is CCC[C@@H](NC(=O)OCc1ccccc1)C(=O)N[C@H](C)C(=O)O. The van der Waals surface area contributed by atoms with Crippen LogP contribution in [0.15, 0.2) is 30.3 Å². The molecule has 1 rings (SSSR count). The Bertz CT molecular complexity index is 533. The van der Waals surface area contributed by atoms with Crippen molar-refractivity contribution < 1.29 is 24.2 Å². The number of hydrogen-bond acceptors (Lipinski definition) is 4. The molecule has 3 N–H and O–H groups in total. The molecule has 0 saturated carbocycles. The Labute approximate surface area is 135 Å². The molecular formula is C16H22N2O5. The lowest BCUT2D eigenvalue weighted by Crippen LogP contribution is -2.50. The van der Waals surface area contributed by atoms with E-state index < -0.39 is 30.1 Å². The maximum Gasteiger partial charge on any atom is 0.408 e. The van der Waals surface area contributed by atoms with Crippen molar-refractivity contribution >= 4 is 18.0 Å². The van der Waals surface area contributed by atoms with Gasteiger partial charge in [0.2, 0.25) is 5.91 Å². The third-order valence-corrected chi connectivity index (χ3v) is 3.13. The van der Waals surface area contributed by atoms with Gasteiger partial charge in [-0.25, -0.2) is 4.79 Å². The van der Waals surface area contributed by atoms with Crippen LogP contribution in [0, 0.1) is 0 Å². The van der Waals surface area contributed by atoms with E-state index in [1.54, 1.807) is 0 Å². The van der Waals surface area contributed by atoms with E-state index in [1.165, 1.54) is 6.92 Å². The van der Waals surface area contributed by atoms with Crippen molar-refractivity contribution in [3.8, 4) is 0 Å². The van der Waals surface area contributed by atoms with Crippen LogP contribution in [0.25, 0.3) is 0 Å². The molecule has 0 radical (unpaired) electrons. The average molecular weight is 322 g/mol. The number of carbonyl (C=O) groups is 3. The molecule has 1 aromatic rings. The highest BCUT2D eigenvalue weighted by Gasteiger charge is 2.23. The molecule has 126 valence electrons. The number of nitrogens with one attached hydrogen (secondary N) is 2. The number of carboxylic acid groups (broad SMARTS) is 1. The third kappa shape index (κ3) is 6.82. The van der Waals surface area contributed by atoms with E-state index in [4.69, 9.17) is 9.84 Å². The number of hydrogen-bond donors (Lipinski definition) is 3. The fourth-order valence-electron chi connectivity index (χ4n) is 1.84. The first-order chi connectivity index (χ1) is 10.9. The van der Waals surface area contributed by atoms with Gasteiger partial charge in [0.15, 0.2) is 0 Å². The van der Waals surface area contributed by atoms with Crippen molar-refractivity contribution in [2.45, 2.75) is 45.4 Å². The number of carbonyl (C=O) groups excluding carboxylic acids is 2. The van der Waals surface area contributed by atoms with E-state index in [-0.39, 0.29) is 6.61 Å². The molecule has 0 bridgehead atoms. The first-order valence-corrected chi connectivity index (χ1v) is 7.44. The highest BCUT2D eigenvalue weighted by Crippen LogP contribution is 2.03. The zero-order chi connectivity index (χ0) is 17.2. The summed E-state index contributed by atoms with van der Waals surface area (Å²) in [5, 5.41) is 13.6. The van der Waals surface area contributed by atoms with Gasteiger partial charge in [0, 0.05) is 0 Å². The third-order valence-electron chi connectivity index (χ3n) is 3.13. The molecule has 1 aromatic carbocycles. The predicted octanol–water partition coefficient (Wildman–Crippen LogP) is 1.67. The molecule has 0 fully saturated rings. The van der Waals surface area contributed by atoms with Gasteiger partial charge in [-0.15, -0.1) is 0 Å². The van der Waals surface area contributed by atoms with Crippen LogP contribution in [-0.4, -0.2) is 35.2 Å². The quantitative estimate of drug-likeness (QED) is 0.675. The summed E-state index contributed by atoms with van der Waals surface area (Å²) < 4.78 is 5.06. The van der Waals surface area contributed by atoms with Gasteiger partial charge in [0.25, 0.3) is 0 Å². The van der Waals surface area contributed by atoms with Crippen LogP contribution >= 0.6 is 0 Å². The lowest BCUT2D eigenvalue weighted by molar-refractivity contribution is -0.141. The topological polar surface area (TPSA) is 105 Å². The predicted molar refractivity (Wildman–Crippen MR) is 83.7 cm³/mol. The van der Waals surface area contributed by atoms with E-state index in [0.29, 0.717) is 12.8 Å². The van der Waals surface area contributed by atoms with Gasteiger partial charge in [-0.2, -0.15) is 0 Å². The lowest BCUT2D eigenvalue weighted by atomic mass is 10.1. The summed E-state index contributed by atoms with van der Waals surface area (Å²) >= 11 is 0. The van der Waals surface area contributed by atoms with Crippen LogP contribution < -0.4 is 10.6 Å². The summed E-state index contributed by atoms with van der Waals surface area (Å²) in [6, 6.07) is 7.30. The van der Waals surface area contributed by atoms with Crippen molar-refractivity contribution in [3.63, 3.8) is 0 Å². The highest BCUT2D eigenvalue weighted by molar-refractivity contribution is 5.89. The minimum absolute atomic E-state index is 0.0959. The second kappa shape index (κ2) is 9.45. The van der Waals surface area contributed by atoms with E-state index in [0.717, 1.165) is 5.56 Å². The maximum absolute atomic E-state index is 12.0. The van der Waals surface area contributed by atoms with Crippen molar-refractivity contribution in [1.82, 2.24) is 10.6 Å². The van der Waals surface area contributed by atoms with Crippen LogP contribution in [0.3, 0.4) is 0 Å². The van der Waals surface area contributed by atoms with Crippen molar-refractivity contribution in [3.05, 3.63) is 35.9 Å². The molecule has 7 heteroatoms. The fraction of sp³-hybridized carbons (Fsp3) is 0.438. The van der Waals surface area contributed by atoms with Gasteiger partial charge >= 0.3 is 12.1 Å². The number of aliphatic carboxylic acids is 1. The number of carboxylic acids is 1. The number of ether oxygens (including phenoxy) is 1. The molecule has 0 aliphatic rings. The summed E-state index contributed by atoms with van der Waals surface area (Å²) in [7, 11) is 0. The zero-order valence-electron chi connectivity index (χ0n) is 13.2. The Balaban J connectivity index is 2.52. The average Bonchev–Trinajstić information content (AvgIpc) is 2.53. The molecule has 0 saturated heterocycles. The van der Waals surface area contributed by atoms with E-state index in [9.17, 15) is 14.4 Å². The summed E-state index contributed by atoms with van der Waals surface area (Å²) in [6.45, 7) is 3.31. The second-order valence-corrected chi connectivity index (χ2v) is 5.12. The summed E-state index contributed by atoms with van der Waals surface area (Å²) in [6.07, 6.45) is 0.322. The Morgan fingerprint density at radius 2 is 1.83 bits per heavy atom. The van der Waals surface area contributed by atoms with Crippen LogP contribution in [0.4, 0.5) is 4.79 Å². The van der Waals surface area contributed by atoms with Crippen LogP contribution in [0.2, 0.25) is 0 Å². The molecule has 0 aromatic heterocycles. The minimum atomic E-state index is -1.14. The molecule has 0 aliphatic carbocycles. The minimum Gasteiger partial charge on any atom is -0.480 e. The molecular weight excluding hydrogens is 300 g/mol.